The maximum atomic E-state index is 13.0. The van der Waals surface area contributed by atoms with Crippen molar-refractivity contribution in [3.05, 3.63) is 35.4 Å². The topological polar surface area (TPSA) is 29.1 Å². The Morgan fingerprint density at radius 1 is 1.27 bits per heavy atom. The molecule has 1 N–H and O–H groups in total. The molecule has 2 rings (SSSR count). The van der Waals surface area contributed by atoms with Crippen molar-refractivity contribution in [1.82, 2.24) is 5.32 Å². The van der Waals surface area contributed by atoms with E-state index in [4.69, 9.17) is 0 Å². The Hall–Kier alpha value is -1.45. The molecule has 1 aliphatic rings. The van der Waals surface area contributed by atoms with Crippen molar-refractivity contribution in [1.29, 1.82) is 0 Å². The van der Waals surface area contributed by atoms with E-state index in [1.54, 1.807) is 0 Å². The molecule has 0 spiro atoms. The molecule has 0 bridgehead atoms. The largest absolute Gasteiger partial charge is 0.356 e. The maximum absolute atomic E-state index is 13.0. The van der Waals surface area contributed by atoms with Crippen molar-refractivity contribution >= 4 is 5.91 Å². The Bertz CT molecular complexity index is 392. The third kappa shape index (κ3) is 1.98. The average molecular weight is 211 g/mol. The summed E-state index contributed by atoms with van der Waals surface area (Å²) in [5, 5.41) is 2.71. The van der Waals surface area contributed by atoms with E-state index in [0.29, 0.717) is 18.5 Å². The van der Waals surface area contributed by atoms with E-state index in [1.807, 2.05) is 0 Å². The first-order valence-electron chi connectivity index (χ1n) is 4.91. The van der Waals surface area contributed by atoms with Gasteiger partial charge in [-0.15, -0.1) is 0 Å². The number of amides is 1. The van der Waals surface area contributed by atoms with Crippen LogP contribution in [0.4, 0.5) is 8.78 Å². The van der Waals surface area contributed by atoms with Gasteiger partial charge in [0.1, 0.15) is 0 Å². The van der Waals surface area contributed by atoms with E-state index in [2.05, 4.69) is 5.32 Å². The van der Waals surface area contributed by atoms with Gasteiger partial charge in [-0.25, -0.2) is 8.78 Å². The Labute approximate surface area is 86.3 Å². The van der Waals surface area contributed by atoms with Crippen LogP contribution in [0.2, 0.25) is 0 Å². The zero-order chi connectivity index (χ0) is 10.8. The predicted octanol–water partition coefficient (Wildman–Crippen LogP) is 1.96. The normalized spacial score (nSPS) is 21.2. The summed E-state index contributed by atoms with van der Waals surface area (Å²) in [6.45, 7) is 0.666. The number of halogens is 2. The molecule has 1 unspecified atom stereocenters. The van der Waals surface area contributed by atoms with Gasteiger partial charge in [-0.1, -0.05) is 6.07 Å². The van der Waals surface area contributed by atoms with Gasteiger partial charge >= 0.3 is 0 Å². The van der Waals surface area contributed by atoms with Crippen LogP contribution in [0.3, 0.4) is 0 Å². The monoisotopic (exact) mass is 211 g/mol. The number of carbonyl (C=O) groups is 1. The van der Waals surface area contributed by atoms with E-state index in [0.717, 1.165) is 18.6 Å². The Kier molecular flexibility index (Phi) is 2.66. The molecule has 80 valence electrons. The van der Waals surface area contributed by atoms with Gasteiger partial charge in [-0.05, 0) is 30.5 Å². The molecule has 1 saturated heterocycles. The molecule has 1 heterocycles. The molecule has 1 aromatic carbocycles. The van der Waals surface area contributed by atoms with E-state index < -0.39 is 11.6 Å². The quantitative estimate of drug-likeness (QED) is 0.755. The van der Waals surface area contributed by atoms with Crippen LogP contribution in [-0.2, 0) is 4.79 Å². The fourth-order valence-corrected chi connectivity index (χ4v) is 1.82. The number of benzene rings is 1. The second-order valence-electron chi connectivity index (χ2n) is 3.66. The third-order valence-electron chi connectivity index (χ3n) is 2.63. The minimum absolute atomic E-state index is 0.104. The molecular weight excluding hydrogens is 200 g/mol. The Morgan fingerprint density at radius 3 is 2.73 bits per heavy atom. The van der Waals surface area contributed by atoms with Crippen LogP contribution in [0.1, 0.15) is 24.3 Å². The van der Waals surface area contributed by atoms with Gasteiger partial charge in [-0.2, -0.15) is 0 Å². The molecule has 4 heteroatoms. The van der Waals surface area contributed by atoms with Crippen LogP contribution >= 0.6 is 0 Å². The highest BCUT2D eigenvalue weighted by Crippen LogP contribution is 2.25. The van der Waals surface area contributed by atoms with E-state index >= 15 is 0 Å². The van der Waals surface area contributed by atoms with Crippen LogP contribution in [0.5, 0.6) is 0 Å². The lowest BCUT2D eigenvalue weighted by Crippen LogP contribution is -2.35. The summed E-state index contributed by atoms with van der Waals surface area (Å²) < 4.78 is 25.6. The van der Waals surface area contributed by atoms with Gasteiger partial charge in [0.15, 0.2) is 11.6 Å². The first-order valence-corrected chi connectivity index (χ1v) is 4.91. The first kappa shape index (κ1) is 10.1. The fourth-order valence-electron chi connectivity index (χ4n) is 1.82. The van der Waals surface area contributed by atoms with Crippen LogP contribution in [-0.4, -0.2) is 12.5 Å². The van der Waals surface area contributed by atoms with E-state index in [1.165, 1.54) is 6.07 Å². The Balaban J connectivity index is 2.28. The highest BCUT2D eigenvalue weighted by Gasteiger charge is 2.24. The summed E-state index contributed by atoms with van der Waals surface area (Å²) >= 11 is 0. The standard InChI is InChI=1S/C11H11F2NO/c12-9-4-3-7(6-10(9)13)8-2-1-5-14-11(8)15/h3-4,6,8H,1-2,5H2,(H,14,15). The zero-order valence-electron chi connectivity index (χ0n) is 8.09. The SMILES string of the molecule is O=C1NCCCC1c1ccc(F)c(F)c1. The Morgan fingerprint density at radius 2 is 2.07 bits per heavy atom. The van der Waals surface area contributed by atoms with Crippen LogP contribution in [0.25, 0.3) is 0 Å². The second-order valence-corrected chi connectivity index (χ2v) is 3.66. The molecule has 0 aliphatic carbocycles. The van der Waals surface area contributed by atoms with Gasteiger partial charge in [0.25, 0.3) is 0 Å². The minimum atomic E-state index is -0.897. The van der Waals surface area contributed by atoms with Crippen molar-refractivity contribution in [3.63, 3.8) is 0 Å². The number of nitrogens with one attached hydrogen (secondary N) is 1. The van der Waals surface area contributed by atoms with Crippen molar-refractivity contribution < 1.29 is 13.6 Å². The van der Waals surface area contributed by atoms with Gasteiger partial charge in [0, 0.05) is 6.54 Å². The molecule has 1 aromatic rings. The van der Waals surface area contributed by atoms with Crippen molar-refractivity contribution in [3.8, 4) is 0 Å². The number of piperidine rings is 1. The highest BCUT2D eigenvalue weighted by atomic mass is 19.2. The molecule has 0 radical (unpaired) electrons. The summed E-state index contributed by atoms with van der Waals surface area (Å²) in [4.78, 5) is 11.5. The fraction of sp³-hybridized carbons (Fsp3) is 0.364. The van der Waals surface area contributed by atoms with Crippen LogP contribution < -0.4 is 5.32 Å². The third-order valence-corrected chi connectivity index (χ3v) is 2.63. The molecule has 1 aliphatic heterocycles. The van der Waals surface area contributed by atoms with Gasteiger partial charge in [0.2, 0.25) is 5.91 Å². The first-order chi connectivity index (χ1) is 7.18. The number of hydrogen-bond acceptors (Lipinski definition) is 1. The maximum Gasteiger partial charge on any atom is 0.227 e. The molecule has 0 saturated carbocycles. The molecule has 1 amide bonds. The second kappa shape index (κ2) is 3.96. The lowest BCUT2D eigenvalue weighted by Gasteiger charge is -2.22. The minimum Gasteiger partial charge on any atom is -0.356 e. The van der Waals surface area contributed by atoms with Crippen LogP contribution in [0.15, 0.2) is 18.2 Å². The van der Waals surface area contributed by atoms with Crippen LogP contribution in [0, 0.1) is 11.6 Å². The van der Waals surface area contributed by atoms with Gasteiger partial charge in [-0.3, -0.25) is 4.79 Å². The summed E-state index contributed by atoms with van der Waals surface area (Å²) in [5.74, 6) is -2.22. The van der Waals surface area contributed by atoms with Crippen molar-refractivity contribution in [2.45, 2.75) is 18.8 Å². The average Bonchev–Trinajstić information content (AvgIpc) is 2.23. The number of hydrogen-bond donors (Lipinski definition) is 1. The smallest absolute Gasteiger partial charge is 0.227 e. The molecular formula is C11H11F2NO. The molecule has 2 nitrogen and oxygen atoms in total. The van der Waals surface area contributed by atoms with Crippen molar-refractivity contribution in [2.24, 2.45) is 0 Å². The molecule has 1 fully saturated rings. The summed E-state index contributed by atoms with van der Waals surface area (Å²) in [6.07, 6.45) is 1.56. The van der Waals surface area contributed by atoms with E-state index in [-0.39, 0.29) is 11.8 Å². The summed E-state index contributed by atoms with van der Waals surface area (Å²) in [6, 6.07) is 3.63. The predicted molar refractivity (Wildman–Crippen MR) is 51.3 cm³/mol. The van der Waals surface area contributed by atoms with E-state index in [9.17, 15) is 13.6 Å². The lowest BCUT2D eigenvalue weighted by atomic mass is 9.91. The number of rotatable bonds is 1. The summed E-state index contributed by atoms with van der Waals surface area (Å²) in [7, 11) is 0. The highest BCUT2D eigenvalue weighted by molar-refractivity contribution is 5.84. The lowest BCUT2D eigenvalue weighted by molar-refractivity contribution is -0.123. The zero-order valence-corrected chi connectivity index (χ0v) is 8.09. The summed E-state index contributed by atoms with van der Waals surface area (Å²) in [5.41, 5.74) is 0.547. The van der Waals surface area contributed by atoms with Gasteiger partial charge < -0.3 is 5.32 Å². The van der Waals surface area contributed by atoms with Gasteiger partial charge in [0.05, 0.1) is 5.92 Å². The number of carbonyl (C=O) groups excluding carboxylic acids is 1. The van der Waals surface area contributed by atoms with Crippen molar-refractivity contribution in [2.75, 3.05) is 6.54 Å². The molecule has 0 aromatic heterocycles. The molecule has 15 heavy (non-hydrogen) atoms. The molecule has 1 atom stereocenters.